The lowest BCUT2D eigenvalue weighted by Crippen LogP contribution is -2.01. The van der Waals surface area contributed by atoms with Crippen LogP contribution in [0.2, 0.25) is 0 Å². The first kappa shape index (κ1) is 20.0. The average Bonchev–Trinajstić information content (AvgIpc) is 2.56. The summed E-state index contributed by atoms with van der Waals surface area (Å²) in [4.78, 5) is 0. The van der Waals surface area contributed by atoms with Crippen LogP contribution in [0, 0.1) is 13.8 Å². The SMILES string of the molecule is CCCCCCCCCCCCOc1cc(CO)cc(C)c1C. The number of rotatable bonds is 13. The fourth-order valence-electron chi connectivity index (χ4n) is 2.91. The highest BCUT2D eigenvalue weighted by atomic mass is 16.5. The Morgan fingerprint density at radius 1 is 0.826 bits per heavy atom. The maximum Gasteiger partial charge on any atom is 0.122 e. The standard InChI is InChI=1S/C21H36O2/c1-4-5-6-7-8-9-10-11-12-13-14-23-21-16-20(17-22)15-18(2)19(21)3/h15-16,22H,4-14,17H2,1-3H3. The second-order valence-corrected chi connectivity index (χ2v) is 6.72. The van der Waals surface area contributed by atoms with Crippen LogP contribution in [-0.4, -0.2) is 11.7 Å². The number of aliphatic hydroxyl groups is 1. The summed E-state index contributed by atoms with van der Waals surface area (Å²) >= 11 is 0. The molecule has 0 aliphatic heterocycles. The van der Waals surface area contributed by atoms with Crippen LogP contribution in [0.4, 0.5) is 0 Å². The Morgan fingerprint density at radius 3 is 1.96 bits per heavy atom. The molecular formula is C21H36O2. The molecule has 0 aromatic heterocycles. The number of benzene rings is 1. The first-order chi connectivity index (χ1) is 11.2. The van der Waals surface area contributed by atoms with E-state index in [1.807, 2.05) is 12.1 Å². The van der Waals surface area contributed by atoms with E-state index >= 15 is 0 Å². The van der Waals surface area contributed by atoms with Crippen molar-refractivity contribution >= 4 is 0 Å². The number of aryl methyl sites for hydroxylation is 1. The van der Waals surface area contributed by atoms with Crippen molar-refractivity contribution in [1.82, 2.24) is 0 Å². The molecule has 132 valence electrons. The third kappa shape index (κ3) is 8.41. The zero-order chi connectivity index (χ0) is 16.9. The Hall–Kier alpha value is -1.02. The van der Waals surface area contributed by atoms with E-state index in [2.05, 4.69) is 20.8 Å². The molecule has 23 heavy (non-hydrogen) atoms. The molecule has 0 amide bonds. The van der Waals surface area contributed by atoms with Crippen molar-refractivity contribution in [1.29, 1.82) is 0 Å². The van der Waals surface area contributed by atoms with Crippen molar-refractivity contribution in [2.45, 2.75) is 91.6 Å². The van der Waals surface area contributed by atoms with Gasteiger partial charge in [-0.15, -0.1) is 0 Å². The third-order valence-electron chi connectivity index (χ3n) is 4.62. The van der Waals surface area contributed by atoms with Gasteiger partial charge in [0.25, 0.3) is 0 Å². The lowest BCUT2D eigenvalue weighted by molar-refractivity contribution is 0.277. The molecule has 0 saturated heterocycles. The van der Waals surface area contributed by atoms with Crippen LogP contribution < -0.4 is 4.74 Å². The van der Waals surface area contributed by atoms with Crippen LogP contribution in [0.1, 0.15) is 87.8 Å². The number of hydrogen-bond donors (Lipinski definition) is 1. The molecule has 2 heteroatoms. The fraction of sp³-hybridized carbons (Fsp3) is 0.714. The van der Waals surface area contributed by atoms with E-state index in [4.69, 9.17) is 4.74 Å². The van der Waals surface area contributed by atoms with Crippen molar-refractivity contribution < 1.29 is 9.84 Å². The average molecular weight is 321 g/mol. The summed E-state index contributed by atoms with van der Waals surface area (Å²) in [5.74, 6) is 0.935. The summed E-state index contributed by atoms with van der Waals surface area (Å²) in [6.45, 7) is 7.29. The molecule has 0 aliphatic rings. The third-order valence-corrected chi connectivity index (χ3v) is 4.62. The number of hydrogen-bond acceptors (Lipinski definition) is 2. The quantitative estimate of drug-likeness (QED) is 0.445. The predicted octanol–water partition coefficient (Wildman–Crippen LogP) is 6.10. The Morgan fingerprint density at radius 2 is 1.39 bits per heavy atom. The topological polar surface area (TPSA) is 29.5 Å². The van der Waals surface area contributed by atoms with Gasteiger partial charge in [-0.25, -0.2) is 0 Å². The molecule has 0 aliphatic carbocycles. The van der Waals surface area contributed by atoms with Crippen LogP contribution >= 0.6 is 0 Å². The van der Waals surface area contributed by atoms with Crippen LogP contribution in [-0.2, 0) is 6.61 Å². The minimum Gasteiger partial charge on any atom is -0.493 e. The van der Waals surface area contributed by atoms with Gasteiger partial charge in [0.15, 0.2) is 0 Å². The Bertz CT molecular complexity index is 426. The highest BCUT2D eigenvalue weighted by Crippen LogP contribution is 2.24. The Kier molecular flexibility index (Phi) is 10.8. The summed E-state index contributed by atoms with van der Waals surface area (Å²) in [7, 11) is 0. The van der Waals surface area contributed by atoms with E-state index in [1.54, 1.807) is 0 Å². The first-order valence-electron chi connectivity index (χ1n) is 9.52. The minimum absolute atomic E-state index is 0.0791. The van der Waals surface area contributed by atoms with Gasteiger partial charge in [-0.3, -0.25) is 0 Å². The van der Waals surface area contributed by atoms with Crippen LogP contribution in [0.25, 0.3) is 0 Å². The molecule has 1 aromatic carbocycles. The van der Waals surface area contributed by atoms with Gasteiger partial charge in [0.2, 0.25) is 0 Å². The van der Waals surface area contributed by atoms with Crippen molar-refractivity contribution in [3.63, 3.8) is 0 Å². The molecule has 2 nitrogen and oxygen atoms in total. The molecule has 0 saturated carbocycles. The van der Waals surface area contributed by atoms with Crippen molar-refractivity contribution in [2.75, 3.05) is 6.61 Å². The molecule has 0 spiro atoms. The van der Waals surface area contributed by atoms with E-state index in [-0.39, 0.29) is 6.61 Å². The number of ether oxygens (including phenoxy) is 1. The summed E-state index contributed by atoms with van der Waals surface area (Å²) in [5, 5.41) is 9.28. The summed E-state index contributed by atoms with van der Waals surface area (Å²) in [6, 6.07) is 4.00. The van der Waals surface area contributed by atoms with E-state index in [0.717, 1.165) is 24.3 Å². The molecule has 1 N–H and O–H groups in total. The maximum absolute atomic E-state index is 9.28. The predicted molar refractivity (Wildman–Crippen MR) is 99.2 cm³/mol. The zero-order valence-electron chi connectivity index (χ0n) is 15.5. The smallest absolute Gasteiger partial charge is 0.122 e. The summed E-state index contributed by atoms with van der Waals surface area (Å²) < 4.78 is 5.92. The summed E-state index contributed by atoms with van der Waals surface area (Å²) in [6.07, 6.45) is 13.4. The van der Waals surface area contributed by atoms with E-state index in [0.29, 0.717) is 0 Å². The van der Waals surface area contributed by atoms with Gasteiger partial charge in [0.05, 0.1) is 13.2 Å². The highest BCUT2D eigenvalue weighted by molar-refractivity contribution is 5.42. The normalized spacial score (nSPS) is 11.0. The van der Waals surface area contributed by atoms with Gasteiger partial charge in [-0.2, -0.15) is 0 Å². The summed E-state index contributed by atoms with van der Waals surface area (Å²) in [5.41, 5.74) is 3.31. The second kappa shape index (κ2) is 12.4. The van der Waals surface area contributed by atoms with Crippen molar-refractivity contribution in [2.24, 2.45) is 0 Å². The first-order valence-corrected chi connectivity index (χ1v) is 9.52. The molecule has 1 rings (SSSR count). The maximum atomic E-state index is 9.28. The minimum atomic E-state index is 0.0791. The lowest BCUT2D eigenvalue weighted by atomic mass is 10.1. The molecule has 0 unspecified atom stereocenters. The van der Waals surface area contributed by atoms with Crippen LogP contribution in [0.5, 0.6) is 5.75 Å². The molecular weight excluding hydrogens is 284 g/mol. The lowest BCUT2D eigenvalue weighted by Gasteiger charge is -2.13. The fourth-order valence-corrected chi connectivity index (χ4v) is 2.91. The van der Waals surface area contributed by atoms with Gasteiger partial charge in [-0.1, -0.05) is 70.8 Å². The van der Waals surface area contributed by atoms with E-state index in [9.17, 15) is 5.11 Å². The van der Waals surface area contributed by atoms with Crippen LogP contribution in [0.3, 0.4) is 0 Å². The second-order valence-electron chi connectivity index (χ2n) is 6.72. The van der Waals surface area contributed by atoms with Crippen LogP contribution in [0.15, 0.2) is 12.1 Å². The molecule has 0 fully saturated rings. The molecule has 0 bridgehead atoms. The van der Waals surface area contributed by atoms with Gasteiger partial charge in [0, 0.05) is 0 Å². The monoisotopic (exact) mass is 320 g/mol. The molecule has 0 atom stereocenters. The molecule has 0 heterocycles. The van der Waals surface area contributed by atoms with Gasteiger partial charge >= 0.3 is 0 Å². The van der Waals surface area contributed by atoms with Gasteiger partial charge in [-0.05, 0) is 43.0 Å². The van der Waals surface area contributed by atoms with E-state index in [1.165, 1.54) is 68.9 Å². The molecule has 0 radical (unpaired) electrons. The van der Waals surface area contributed by atoms with Crippen molar-refractivity contribution in [3.8, 4) is 5.75 Å². The number of unbranched alkanes of at least 4 members (excludes halogenated alkanes) is 9. The molecule has 1 aromatic rings. The van der Waals surface area contributed by atoms with Crippen molar-refractivity contribution in [3.05, 3.63) is 28.8 Å². The van der Waals surface area contributed by atoms with Gasteiger partial charge < -0.3 is 9.84 Å². The Balaban J connectivity index is 2.08. The highest BCUT2D eigenvalue weighted by Gasteiger charge is 2.05. The Labute approximate surface area is 143 Å². The van der Waals surface area contributed by atoms with E-state index < -0.39 is 0 Å². The largest absolute Gasteiger partial charge is 0.493 e. The van der Waals surface area contributed by atoms with Gasteiger partial charge in [0.1, 0.15) is 5.75 Å². The zero-order valence-corrected chi connectivity index (χ0v) is 15.5. The number of aliphatic hydroxyl groups excluding tert-OH is 1.